The van der Waals surface area contributed by atoms with Gasteiger partial charge in [0.05, 0.1) is 10.6 Å². The number of piperazine rings is 1. The Hall–Kier alpha value is -3.10. The average molecular weight is 408 g/mol. The summed E-state index contributed by atoms with van der Waals surface area (Å²) >= 11 is 1.37. The molecule has 8 heteroatoms. The molecule has 7 nitrogen and oxygen atoms in total. The van der Waals surface area contributed by atoms with E-state index in [2.05, 4.69) is 4.90 Å². The molecule has 0 unspecified atom stereocenters. The van der Waals surface area contributed by atoms with E-state index in [0.717, 1.165) is 23.7 Å². The molecule has 0 N–H and O–H groups in total. The maximum absolute atomic E-state index is 13.3. The fraction of sp³-hybridized carbons (Fsp3) is 0.238. The Balaban J connectivity index is 1.75. The van der Waals surface area contributed by atoms with Gasteiger partial charge in [-0.2, -0.15) is 0 Å². The summed E-state index contributed by atoms with van der Waals surface area (Å²) in [6.07, 6.45) is 0. The van der Waals surface area contributed by atoms with Gasteiger partial charge in [0.2, 0.25) is 0 Å². The lowest BCUT2D eigenvalue weighted by atomic mass is 10.1. The number of nitro groups is 1. The Kier molecular flexibility index (Phi) is 5.37. The van der Waals surface area contributed by atoms with Crippen molar-refractivity contribution in [1.82, 2.24) is 14.8 Å². The standard InChI is InChI=1S/C21H20N4O3S/c1-23-11-13-24(14-12-23)21(26)19-18(15-7-9-17(10-8-15)25(27)28)22-20(29-19)16-5-3-2-4-6-16/h2-10H,11-14H2,1H3. The van der Waals surface area contributed by atoms with Gasteiger partial charge in [-0.1, -0.05) is 30.3 Å². The molecule has 1 aliphatic rings. The highest BCUT2D eigenvalue weighted by Gasteiger charge is 2.27. The zero-order valence-corrected chi connectivity index (χ0v) is 16.8. The molecule has 0 saturated carbocycles. The lowest BCUT2D eigenvalue weighted by Crippen LogP contribution is -2.47. The topological polar surface area (TPSA) is 79.6 Å². The molecule has 0 aliphatic carbocycles. The summed E-state index contributed by atoms with van der Waals surface area (Å²) < 4.78 is 0. The highest BCUT2D eigenvalue weighted by Crippen LogP contribution is 2.35. The second kappa shape index (κ2) is 8.10. The smallest absolute Gasteiger partial charge is 0.269 e. The Labute approximate surface area is 172 Å². The van der Waals surface area contributed by atoms with Crippen LogP contribution in [0.5, 0.6) is 0 Å². The minimum Gasteiger partial charge on any atom is -0.335 e. The molecule has 1 aromatic heterocycles. The minimum absolute atomic E-state index is 0.0132. The molecule has 1 aliphatic heterocycles. The summed E-state index contributed by atoms with van der Waals surface area (Å²) in [6, 6.07) is 15.9. The van der Waals surface area contributed by atoms with Gasteiger partial charge in [-0.25, -0.2) is 4.98 Å². The zero-order chi connectivity index (χ0) is 20.4. The number of nitro benzene ring substituents is 1. The number of carbonyl (C=O) groups excluding carboxylic acids is 1. The first-order valence-corrected chi connectivity index (χ1v) is 10.1. The van der Waals surface area contributed by atoms with E-state index in [4.69, 9.17) is 4.98 Å². The maximum Gasteiger partial charge on any atom is 0.269 e. The van der Waals surface area contributed by atoms with Gasteiger partial charge in [0.15, 0.2) is 0 Å². The first-order valence-electron chi connectivity index (χ1n) is 9.32. The van der Waals surface area contributed by atoms with Gasteiger partial charge < -0.3 is 9.80 Å². The minimum atomic E-state index is -0.434. The van der Waals surface area contributed by atoms with Crippen LogP contribution in [0, 0.1) is 10.1 Å². The van der Waals surface area contributed by atoms with E-state index in [-0.39, 0.29) is 11.6 Å². The second-order valence-electron chi connectivity index (χ2n) is 6.96. The third kappa shape index (κ3) is 4.03. The molecule has 2 heterocycles. The number of non-ortho nitro benzene ring substituents is 1. The Morgan fingerprint density at radius 1 is 1.00 bits per heavy atom. The zero-order valence-electron chi connectivity index (χ0n) is 15.9. The van der Waals surface area contributed by atoms with Crippen molar-refractivity contribution in [3.63, 3.8) is 0 Å². The number of carbonyl (C=O) groups is 1. The number of amides is 1. The van der Waals surface area contributed by atoms with E-state index in [9.17, 15) is 14.9 Å². The van der Waals surface area contributed by atoms with Gasteiger partial charge in [0.1, 0.15) is 9.88 Å². The highest BCUT2D eigenvalue weighted by atomic mass is 32.1. The molecule has 29 heavy (non-hydrogen) atoms. The first-order chi connectivity index (χ1) is 14.0. The van der Waals surface area contributed by atoms with Crippen molar-refractivity contribution >= 4 is 22.9 Å². The molecule has 3 aromatic rings. The molecule has 148 valence electrons. The van der Waals surface area contributed by atoms with Crippen LogP contribution in [0.3, 0.4) is 0 Å². The summed E-state index contributed by atoms with van der Waals surface area (Å²) in [5.41, 5.74) is 2.23. The summed E-state index contributed by atoms with van der Waals surface area (Å²) in [5, 5.41) is 11.7. The van der Waals surface area contributed by atoms with Crippen LogP contribution < -0.4 is 0 Å². The Morgan fingerprint density at radius 3 is 2.28 bits per heavy atom. The van der Waals surface area contributed by atoms with Crippen LogP contribution >= 0.6 is 11.3 Å². The number of benzene rings is 2. The Bertz CT molecular complexity index is 1030. The summed E-state index contributed by atoms with van der Waals surface area (Å²) in [6.45, 7) is 3.02. The molecule has 0 bridgehead atoms. The molecule has 1 fully saturated rings. The van der Waals surface area contributed by atoms with Crippen LogP contribution in [0.25, 0.3) is 21.8 Å². The number of hydrogen-bond donors (Lipinski definition) is 0. The highest BCUT2D eigenvalue weighted by molar-refractivity contribution is 7.17. The molecule has 0 atom stereocenters. The normalized spacial score (nSPS) is 14.7. The fourth-order valence-corrected chi connectivity index (χ4v) is 4.32. The summed E-state index contributed by atoms with van der Waals surface area (Å²) in [7, 11) is 2.05. The molecule has 4 rings (SSSR count). The summed E-state index contributed by atoms with van der Waals surface area (Å²) in [5.74, 6) is -0.0360. The van der Waals surface area contributed by atoms with E-state index in [1.165, 1.54) is 23.5 Å². The molecule has 0 radical (unpaired) electrons. The average Bonchev–Trinajstić information content (AvgIpc) is 3.20. The molecule has 1 saturated heterocycles. The van der Waals surface area contributed by atoms with Crippen LogP contribution in [-0.4, -0.2) is 58.8 Å². The van der Waals surface area contributed by atoms with Crippen molar-refractivity contribution in [2.75, 3.05) is 33.2 Å². The number of nitrogens with zero attached hydrogens (tertiary/aromatic N) is 4. The van der Waals surface area contributed by atoms with Gasteiger partial charge in [-0.15, -0.1) is 11.3 Å². The van der Waals surface area contributed by atoms with E-state index < -0.39 is 4.92 Å². The number of likely N-dealkylation sites (N-methyl/N-ethyl adjacent to an activating group) is 1. The maximum atomic E-state index is 13.3. The van der Waals surface area contributed by atoms with E-state index in [1.54, 1.807) is 12.1 Å². The first kappa shape index (κ1) is 19.2. The van der Waals surface area contributed by atoms with Crippen LogP contribution in [0.15, 0.2) is 54.6 Å². The number of hydrogen-bond acceptors (Lipinski definition) is 6. The largest absolute Gasteiger partial charge is 0.335 e. The number of thiazole rings is 1. The lowest BCUT2D eigenvalue weighted by molar-refractivity contribution is -0.384. The van der Waals surface area contributed by atoms with Crippen LogP contribution in [-0.2, 0) is 0 Å². The number of rotatable bonds is 4. The van der Waals surface area contributed by atoms with Crippen LogP contribution in [0.1, 0.15) is 9.67 Å². The third-order valence-electron chi connectivity index (χ3n) is 4.98. The Morgan fingerprint density at radius 2 is 1.66 bits per heavy atom. The van der Waals surface area contributed by atoms with Crippen molar-refractivity contribution in [2.24, 2.45) is 0 Å². The predicted molar refractivity (Wildman–Crippen MR) is 113 cm³/mol. The molecular formula is C21H20N4O3S. The van der Waals surface area contributed by atoms with Gasteiger partial charge >= 0.3 is 0 Å². The summed E-state index contributed by atoms with van der Waals surface area (Å²) in [4.78, 5) is 33.2. The van der Waals surface area contributed by atoms with Gasteiger partial charge in [-0.3, -0.25) is 14.9 Å². The fourth-order valence-electron chi connectivity index (χ4n) is 3.26. The molecule has 0 spiro atoms. The lowest BCUT2D eigenvalue weighted by Gasteiger charge is -2.32. The van der Waals surface area contributed by atoms with Crippen molar-refractivity contribution in [3.05, 3.63) is 69.6 Å². The van der Waals surface area contributed by atoms with Gasteiger partial charge in [-0.05, 0) is 19.2 Å². The molecule has 1 amide bonds. The van der Waals surface area contributed by atoms with Gasteiger partial charge in [0, 0.05) is 49.4 Å². The van der Waals surface area contributed by atoms with E-state index in [1.807, 2.05) is 42.3 Å². The van der Waals surface area contributed by atoms with E-state index in [0.29, 0.717) is 29.2 Å². The number of aromatic nitrogens is 1. The van der Waals surface area contributed by atoms with Gasteiger partial charge in [0.25, 0.3) is 11.6 Å². The third-order valence-corrected chi connectivity index (χ3v) is 6.08. The SMILES string of the molecule is CN1CCN(C(=O)c2sc(-c3ccccc3)nc2-c2ccc([N+](=O)[O-])cc2)CC1. The van der Waals surface area contributed by atoms with Crippen molar-refractivity contribution in [3.8, 4) is 21.8 Å². The van der Waals surface area contributed by atoms with Crippen molar-refractivity contribution in [1.29, 1.82) is 0 Å². The molecular weight excluding hydrogens is 388 g/mol. The van der Waals surface area contributed by atoms with E-state index >= 15 is 0 Å². The quantitative estimate of drug-likeness (QED) is 0.485. The van der Waals surface area contributed by atoms with Crippen LogP contribution in [0.2, 0.25) is 0 Å². The van der Waals surface area contributed by atoms with Crippen molar-refractivity contribution < 1.29 is 9.72 Å². The monoisotopic (exact) mass is 408 g/mol. The van der Waals surface area contributed by atoms with Crippen molar-refractivity contribution in [2.45, 2.75) is 0 Å². The molecule has 2 aromatic carbocycles. The predicted octanol–water partition coefficient (Wildman–Crippen LogP) is 3.77. The second-order valence-corrected chi connectivity index (χ2v) is 7.96. The van der Waals surface area contributed by atoms with Crippen LogP contribution in [0.4, 0.5) is 5.69 Å².